The molecule has 1 N–H and O–H groups in total. The molecule has 0 spiro atoms. The van der Waals surface area contributed by atoms with Crippen molar-refractivity contribution in [3.8, 4) is 0 Å². The zero-order valence-corrected chi connectivity index (χ0v) is 17.3. The van der Waals surface area contributed by atoms with Crippen molar-refractivity contribution in [1.29, 1.82) is 0 Å². The van der Waals surface area contributed by atoms with Gasteiger partial charge in [0, 0.05) is 23.6 Å². The van der Waals surface area contributed by atoms with E-state index in [0.717, 1.165) is 14.6 Å². The molecule has 150 valence electrons. The fourth-order valence-corrected chi connectivity index (χ4v) is 4.93. The standard InChI is InChI=1S/C20H14N4O4S2/c1-11-7-17-21-13(9-18(25)24(17)28-11)10-29-20-23-14-5-4-12(8-16(14)30-20)22-19(26)15-3-2-6-27-15/h2-9H,10H2,1H3,(H,22,26). The molecule has 0 saturated heterocycles. The number of nitrogens with zero attached hydrogens (tertiary/aromatic N) is 3. The number of hydrogen-bond acceptors (Lipinski definition) is 8. The van der Waals surface area contributed by atoms with Gasteiger partial charge in [-0.3, -0.25) is 9.59 Å². The smallest absolute Gasteiger partial charge is 0.291 e. The number of rotatable bonds is 5. The number of fused-ring (bicyclic) bond motifs is 2. The van der Waals surface area contributed by atoms with Crippen molar-refractivity contribution in [2.45, 2.75) is 17.0 Å². The van der Waals surface area contributed by atoms with Gasteiger partial charge in [0.2, 0.25) is 0 Å². The van der Waals surface area contributed by atoms with Gasteiger partial charge in [-0.05, 0) is 37.3 Å². The van der Waals surface area contributed by atoms with Gasteiger partial charge in [0.05, 0.1) is 22.2 Å². The molecule has 0 fully saturated rings. The third kappa shape index (κ3) is 3.62. The van der Waals surface area contributed by atoms with E-state index in [2.05, 4.69) is 15.3 Å². The summed E-state index contributed by atoms with van der Waals surface area (Å²) in [4.78, 5) is 33.4. The molecule has 1 aromatic carbocycles. The van der Waals surface area contributed by atoms with Gasteiger partial charge in [-0.15, -0.1) is 15.9 Å². The van der Waals surface area contributed by atoms with Crippen molar-refractivity contribution < 1.29 is 13.7 Å². The Balaban J connectivity index is 1.33. The minimum Gasteiger partial charge on any atom is -0.459 e. The van der Waals surface area contributed by atoms with E-state index in [-0.39, 0.29) is 17.2 Å². The minimum absolute atomic E-state index is 0.245. The Morgan fingerprint density at radius 1 is 1.23 bits per heavy atom. The maximum atomic E-state index is 12.1. The summed E-state index contributed by atoms with van der Waals surface area (Å²) >= 11 is 3.02. The van der Waals surface area contributed by atoms with E-state index < -0.39 is 0 Å². The minimum atomic E-state index is -0.305. The zero-order chi connectivity index (χ0) is 20.7. The Labute approximate surface area is 177 Å². The molecule has 0 bridgehead atoms. The number of carbonyl (C=O) groups excluding carboxylic acids is 1. The lowest BCUT2D eigenvalue weighted by Crippen LogP contribution is -2.12. The molecule has 4 heterocycles. The summed E-state index contributed by atoms with van der Waals surface area (Å²) in [5, 5.41) is 2.81. The predicted octanol–water partition coefficient (Wildman–Crippen LogP) is 4.34. The quantitative estimate of drug-likeness (QED) is 0.407. The van der Waals surface area contributed by atoms with E-state index in [1.165, 1.54) is 40.0 Å². The van der Waals surface area contributed by atoms with Gasteiger partial charge in [-0.25, -0.2) is 9.97 Å². The molecule has 4 aromatic heterocycles. The number of nitrogens with one attached hydrogen (secondary N) is 1. The average molecular weight is 438 g/mol. The van der Waals surface area contributed by atoms with E-state index in [1.54, 1.807) is 31.2 Å². The first kappa shape index (κ1) is 18.6. The van der Waals surface area contributed by atoms with Crippen LogP contribution in [-0.4, -0.2) is 20.4 Å². The molecule has 0 aliphatic heterocycles. The third-order valence-electron chi connectivity index (χ3n) is 4.24. The van der Waals surface area contributed by atoms with Crippen LogP contribution in [0.2, 0.25) is 0 Å². The molecule has 0 aliphatic carbocycles. The van der Waals surface area contributed by atoms with Gasteiger partial charge in [0.1, 0.15) is 5.76 Å². The summed E-state index contributed by atoms with van der Waals surface area (Å²) in [6.45, 7) is 1.77. The Kier molecular flexibility index (Phi) is 4.64. The molecule has 0 unspecified atom stereocenters. The summed E-state index contributed by atoms with van der Waals surface area (Å²) in [5.41, 5.74) is 2.42. The van der Waals surface area contributed by atoms with E-state index >= 15 is 0 Å². The SMILES string of the molecule is Cc1cc2nc(CSc3nc4ccc(NC(=O)c5ccco5)cc4s3)cc(=O)n2o1. The Morgan fingerprint density at radius 3 is 2.97 bits per heavy atom. The summed E-state index contributed by atoms with van der Waals surface area (Å²) < 4.78 is 13.4. The topological polar surface area (TPSA) is 103 Å². The van der Waals surface area contributed by atoms with Crippen molar-refractivity contribution in [1.82, 2.24) is 14.5 Å². The van der Waals surface area contributed by atoms with Crippen molar-refractivity contribution in [3.05, 3.63) is 76.3 Å². The van der Waals surface area contributed by atoms with Crippen LogP contribution >= 0.6 is 23.1 Å². The van der Waals surface area contributed by atoms with Gasteiger partial charge in [-0.2, -0.15) is 0 Å². The van der Waals surface area contributed by atoms with Crippen LogP contribution in [0.5, 0.6) is 0 Å². The second kappa shape index (κ2) is 7.47. The van der Waals surface area contributed by atoms with Crippen LogP contribution in [0.4, 0.5) is 5.69 Å². The maximum absolute atomic E-state index is 12.1. The average Bonchev–Trinajstić information content (AvgIpc) is 3.45. The van der Waals surface area contributed by atoms with Crippen LogP contribution in [0.25, 0.3) is 15.9 Å². The number of amides is 1. The molecule has 5 rings (SSSR count). The van der Waals surface area contributed by atoms with E-state index in [9.17, 15) is 9.59 Å². The number of furan rings is 1. The number of benzene rings is 1. The normalized spacial score (nSPS) is 11.4. The summed E-state index contributed by atoms with van der Waals surface area (Å²) in [5.74, 6) is 1.09. The Hall–Kier alpha value is -3.37. The van der Waals surface area contributed by atoms with Crippen molar-refractivity contribution in [3.63, 3.8) is 0 Å². The fraction of sp³-hybridized carbons (Fsp3) is 0.100. The predicted molar refractivity (Wildman–Crippen MR) is 114 cm³/mol. The van der Waals surface area contributed by atoms with Crippen molar-refractivity contribution in [2.24, 2.45) is 0 Å². The van der Waals surface area contributed by atoms with Crippen molar-refractivity contribution >= 4 is 50.6 Å². The molecule has 0 radical (unpaired) electrons. The molecule has 0 atom stereocenters. The molecule has 10 heteroatoms. The summed E-state index contributed by atoms with van der Waals surface area (Å²) in [7, 11) is 0. The van der Waals surface area contributed by atoms with Gasteiger partial charge >= 0.3 is 0 Å². The van der Waals surface area contributed by atoms with Gasteiger partial charge in [-0.1, -0.05) is 11.8 Å². The monoisotopic (exact) mass is 438 g/mol. The third-order valence-corrected chi connectivity index (χ3v) is 6.43. The second-order valence-corrected chi connectivity index (χ2v) is 8.72. The van der Waals surface area contributed by atoms with Crippen LogP contribution in [0.15, 0.2) is 66.8 Å². The molecular weight excluding hydrogens is 424 g/mol. The van der Waals surface area contributed by atoms with Crippen LogP contribution in [0.3, 0.4) is 0 Å². The first-order valence-corrected chi connectivity index (χ1v) is 10.7. The number of thioether (sulfide) groups is 1. The van der Waals surface area contributed by atoms with Crippen LogP contribution < -0.4 is 10.9 Å². The number of carbonyl (C=O) groups is 1. The highest BCUT2D eigenvalue weighted by Gasteiger charge is 2.12. The maximum Gasteiger partial charge on any atom is 0.291 e. The molecule has 1 amide bonds. The molecule has 8 nitrogen and oxygen atoms in total. The summed E-state index contributed by atoms with van der Waals surface area (Å²) in [6.07, 6.45) is 1.46. The molecule has 30 heavy (non-hydrogen) atoms. The van der Waals surface area contributed by atoms with E-state index in [1.807, 2.05) is 12.1 Å². The number of anilines is 1. The first-order chi connectivity index (χ1) is 14.5. The first-order valence-electron chi connectivity index (χ1n) is 8.93. The lowest BCUT2D eigenvalue weighted by Gasteiger charge is -2.02. The largest absolute Gasteiger partial charge is 0.459 e. The Bertz CT molecular complexity index is 1430. The van der Waals surface area contributed by atoms with Crippen molar-refractivity contribution in [2.75, 3.05) is 5.32 Å². The van der Waals surface area contributed by atoms with Gasteiger partial charge in [0.25, 0.3) is 11.5 Å². The van der Waals surface area contributed by atoms with Crippen LogP contribution in [0.1, 0.15) is 22.0 Å². The highest BCUT2D eigenvalue weighted by Crippen LogP contribution is 2.32. The van der Waals surface area contributed by atoms with E-state index in [0.29, 0.717) is 28.5 Å². The number of thiazole rings is 1. The van der Waals surface area contributed by atoms with Gasteiger partial charge in [0.15, 0.2) is 15.7 Å². The molecule has 0 aliphatic rings. The lowest BCUT2D eigenvalue weighted by atomic mass is 10.3. The highest BCUT2D eigenvalue weighted by molar-refractivity contribution is 8.00. The molecule has 0 saturated carbocycles. The lowest BCUT2D eigenvalue weighted by molar-refractivity contribution is 0.0996. The zero-order valence-electron chi connectivity index (χ0n) is 15.6. The second-order valence-electron chi connectivity index (χ2n) is 6.47. The van der Waals surface area contributed by atoms with Crippen LogP contribution in [-0.2, 0) is 5.75 Å². The highest BCUT2D eigenvalue weighted by atomic mass is 32.2. The number of aryl methyl sites for hydroxylation is 1. The number of hydrogen-bond donors (Lipinski definition) is 1. The molecular formula is C20H14N4O4S2. The Morgan fingerprint density at radius 2 is 2.13 bits per heavy atom. The summed E-state index contributed by atoms with van der Waals surface area (Å²) in [6, 6.07) is 12.0. The number of aromatic nitrogens is 3. The van der Waals surface area contributed by atoms with Crippen LogP contribution in [0, 0.1) is 6.92 Å². The fourth-order valence-electron chi connectivity index (χ4n) is 2.93. The molecule has 5 aromatic rings. The van der Waals surface area contributed by atoms with Gasteiger partial charge < -0.3 is 14.3 Å². The van der Waals surface area contributed by atoms with E-state index in [4.69, 9.17) is 8.94 Å².